The van der Waals surface area contributed by atoms with Crippen molar-refractivity contribution in [3.8, 4) is 0 Å². The molecule has 2 nitrogen and oxygen atoms in total. The molecule has 1 rings (SSSR count). The van der Waals surface area contributed by atoms with Crippen LogP contribution >= 0.6 is 11.8 Å². The average Bonchev–Trinajstić information content (AvgIpc) is 1.91. The molecule has 2 atom stereocenters. The molecule has 1 heterocycles. The molecule has 3 N–H and O–H groups in total. The van der Waals surface area contributed by atoms with Crippen molar-refractivity contribution < 1.29 is 5.11 Å². The van der Waals surface area contributed by atoms with E-state index < -0.39 is 0 Å². The maximum atomic E-state index is 8.85. The lowest BCUT2D eigenvalue weighted by molar-refractivity contribution is 0.183. The van der Waals surface area contributed by atoms with Crippen molar-refractivity contribution in [3.05, 3.63) is 0 Å². The normalized spacial score (nSPS) is 42.0. The minimum Gasteiger partial charge on any atom is -0.391 e. The van der Waals surface area contributed by atoms with Crippen LogP contribution in [0.15, 0.2) is 0 Å². The summed E-state index contributed by atoms with van der Waals surface area (Å²) >= 11 is 1.72. The molecule has 0 radical (unpaired) electrons. The number of aliphatic hydroxyl groups excluding tert-OH is 1. The molecule has 0 spiro atoms. The molecule has 1 aliphatic heterocycles. The molecule has 3 heteroatoms. The second-order valence-electron chi connectivity index (χ2n) is 1.77. The molecule has 0 unspecified atom stereocenters. The third-order valence-corrected chi connectivity index (χ3v) is 2.29. The van der Waals surface area contributed by atoms with Gasteiger partial charge in [-0.2, -0.15) is 11.8 Å². The molecule has 0 amide bonds. The molecule has 1 fully saturated rings. The van der Waals surface area contributed by atoms with Gasteiger partial charge in [-0.15, -0.1) is 0 Å². The first-order valence-corrected chi connectivity index (χ1v) is 3.47. The first kappa shape index (κ1) is 5.41. The summed E-state index contributed by atoms with van der Waals surface area (Å²) in [6.07, 6.45) is -0.245. The van der Waals surface area contributed by atoms with Crippen molar-refractivity contribution in [1.29, 1.82) is 0 Å². The Bertz CT molecular complexity index is 60.7. The Kier molecular flexibility index (Phi) is 1.57. The monoisotopic (exact) mass is 119 g/mol. The summed E-state index contributed by atoms with van der Waals surface area (Å²) in [7, 11) is 0. The summed E-state index contributed by atoms with van der Waals surface area (Å²) in [5, 5.41) is 8.85. The lowest BCUT2D eigenvalue weighted by atomic mass is 10.2. The first-order chi connectivity index (χ1) is 3.30. The molecule has 1 saturated heterocycles. The van der Waals surface area contributed by atoms with Crippen molar-refractivity contribution in [1.82, 2.24) is 0 Å². The largest absolute Gasteiger partial charge is 0.391 e. The summed E-state index contributed by atoms with van der Waals surface area (Å²) in [6, 6.07) is 0.0324. The fourth-order valence-electron chi connectivity index (χ4n) is 0.560. The SMILES string of the molecule is N[C@H]1CSC[C@H]1O. The highest BCUT2D eigenvalue weighted by atomic mass is 32.2. The van der Waals surface area contributed by atoms with E-state index in [0.717, 1.165) is 11.5 Å². The Morgan fingerprint density at radius 3 is 2.43 bits per heavy atom. The number of hydrogen-bond donors (Lipinski definition) is 2. The molecule has 0 aromatic carbocycles. The van der Waals surface area contributed by atoms with E-state index in [2.05, 4.69) is 0 Å². The Balaban J connectivity index is 2.33. The van der Waals surface area contributed by atoms with Crippen LogP contribution in [0.4, 0.5) is 0 Å². The predicted molar refractivity (Wildman–Crippen MR) is 31.3 cm³/mol. The summed E-state index contributed by atoms with van der Waals surface area (Å²) < 4.78 is 0. The van der Waals surface area contributed by atoms with E-state index in [-0.39, 0.29) is 12.1 Å². The Hall–Kier alpha value is 0.270. The van der Waals surface area contributed by atoms with Gasteiger partial charge in [0.25, 0.3) is 0 Å². The Labute approximate surface area is 47.1 Å². The number of thioether (sulfide) groups is 1. The molecule has 0 aliphatic carbocycles. The zero-order valence-corrected chi connectivity index (χ0v) is 4.82. The third kappa shape index (κ3) is 1.08. The number of rotatable bonds is 0. The van der Waals surface area contributed by atoms with E-state index in [1.165, 1.54) is 0 Å². The van der Waals surface area contributed by atoms with Crippen molar-refractivity contribution in [3.63, 3.8) is 0 Å². The molecule has 42 valence electrons. The van der Waals surface area contributed by atoms with Gasteiger partial charge in [0.2, 0.25) is 0 Å². The lowest BCUT2D eigenvalue weighted by Crippen LogP contribution is -2.32. The van der Waals surface area contributed by atoms with Crippen molar-refractivity contribution in [2.75, 3.05) is 11.5 Å². The summed E-state index contributed by atoms with van der Waals surface area (Å²) in [5.74, 6) is 1.74. The van der Waals surface area contributed by atoms with Crippen LogP contribution in [0.25, 0.3) is 0 Å². The van der Waals surface area contributed by atoms with Crippen LogP contribution in [-0.4, -0.2) is 28.8 Å². The first-order valence-electron chi connectivity index (χ1n) is 2.32. The highest BCUT2D eigenvalue weighted by Gasteiger charge is 2.20. The standard InChI is InChI=1S/C4H9NOS/c5-3-1-7-2-4(3)6/h3-4,6H,1-2,5H2/t3-,4+/m0/s1. The van der Waals surface area contributed by atoms with Gasteiger partial charge in [-0.05, 0) is 0 Å². The van der Waals surface area contributed by atoms with E-state index in [4.69, 9.17) is 10.8 Å². The van der Waals surface area contributed by atoms with E-state index in [0.29, 0.717) is 0 Å². The molecule has 0 aromatic rings. The minimum absolute atomic E-state index is 0.0324. The van der Waals surface area contributed by atoms with Crippen LogP contribution in [0.1, 0.15) is 0 Å². The number of hydrogen-bond acceptors (Lipinski definition) is 3. The van der Waals surface area contributed by atoms with Crippen molar-refractivity contribution >= 4 is 11.8 Å². The Morgan fingerprint density at radius 2 is 2.29 bits per heavy atom. The van der Waals surface area contributed by atoms with Crippen LogP contribution in [-0.2, 0) is 0 Å². The predicted octanol–water partition coefficient (Wildman–Crippen LogP) is -0.579. The van der Waals surface area contributed by atoms with Gasteiger partial charge >= 0.3 is 0 Å². The minimum atomic E-state index is -0.245. The van der Waals surface area contributed by atoms with Crippen LogP contribution < -0.4 is 5.73 Å². The van der Waals surface area contributed by atoms with Gasteiger partial charge in [-0.1, -0.05) is 0 Å². The van der Waals surface area contributed by atoms with Crippen molar-refractivity contribution in [2.45, 2.75) is 12.1 Å². The van der Waals surface area contributed by atoms with Gasteiger partial charge in [-0.3, -0.25) is 0 Å². The zero-order valence-electron chi connectivity index (χ0n) is 4.00. The van der Waals surface area contributed by atoms with Crippen LogP contribution in [0.2, 0.25) is 0 Å². The van der Waals surface area contributed by atoms with Crippen LogP contribution in [0.5, 0.6) is 0 Å². The van der Waals surface area contributed by atoms with Gasteiger partial charge in [0.15, 0.2) is 0 Å². The van der Waals surface area contributed by atoms with Crippen molar-refractivity contribution in [2.24, 2.45) is 5.73 Å². The topological polar surface area (TPSA) is 46.2 Å². The van der Waals surface area contributed by atoms with Gasteiger partial charge in [-0.25, -0.2) is 0 Å². The molecule has 7 heavy (non-hydrogen) atoms. The van der Waals surface area contributed by atoms with E-state index in [1.807, 2.05) is 0 Å². The molecular weight excluding hydrogens is 110 g/mol. The molecule has 0 aromatic heterocycles. The highest BCUT2D eigenvalue weighted by Crippen LogP contribution is 2.15. The fourth-order valence-corrected chi connectivity index (χ4v) is 1.68. The van der Waals surface area contributed by atoms with E-state index >= 15 is 0 Å². The van der Waals surface area contributed by atoms with Gasteiger partial charge < -0.3 is 10.8 Å². The molecule has 0 saturated carbocycles. The molecule has 0 bridgehead atoms. The maximum absolute atomic E-state index is 8.85. The Morgan fingerprint density at radius 1 is 1.57 bits per heavy atom. The number of aliphatic hydroxyl groups is 1. The van der Waals surface area contributed by atoms with E-state index in [1.54, 1.807) is 11.8 Å². The molecular formula is C4H9NOS. The second kappa shape index (κ2) is 2.03. The van der Waals surface area contributed by atoms with Gasteiger partial charge in [0.05, 0.1) is 6.10 Å². The smallest absolute Gasteiger partial charge is 0.0789 e. The average molecular weight is 119 g/mol. The van der Waals surface area contributed by atoms with Crippen LogP contribution in [0.3, 0.4) is 0 Å². The number of nitrogens with two attached hydrogens (primary N) is 1. The molecule has 1 aliphatic rings. The van der Waals surface area contributed by atoms with Crippen LogP contribution in [0, 0.1) is 0 Å². The van der Waals surface area contributed by atoms with Gasteiger partial charge in [0.1, 0.15) is 0 Å². The summed E-state index contributed by atoms with van der Waals surface area (Å²) in [6.45, 7) is 0. The zero-order chi connectivity index (χ0) is 5.28. The van der Waals surface area contributed by atoms with E-state index in [9.17, 15) is 0 Å². The fraction of sp³-hybridized carbons (Fsp3) is 1.00. The lowest BCUT2D eigenvalue weighted by Gasteiger charge is -2.03. The second-order valence-corrected chi connectivity index (χ2v) is 2.84. The summed E-state index contributed by atoms with van der Waals surface area (Å²) in [4.78, 5) is 0. The summed E-state index contributed by atoms with van der Waals surface area (Å²) in [5.41, 5.74) is 5.41. The highest BCUT2D eigenvalue weighted by molar-refractivity contribution is 7.99. The maximum Gasteiger partial charge on any atom is 0.0789 e. The van der Waals surface area contributed by atoms with Gasteiger partial charge in [0, 0.05) is 17.5 Å². The third-order valence-electron chi connectivity index (χ3n) is 1.09. The quantitative estimate of drug-likeness (QED) is 0.448.